The number of nitriles is 1. The van der Waals surface area contributed by atoms with Crippen molar-refractivity contribution >= 4 is 11.3 Å². The van der Waals surface area contributed by atoms with Crippen LogP contribution in [0.2, 0.25) is 0 Å². The lowest BCUT2D eigenvalue weighted by Crippen LogP contribution is -2.14. The maximum absolute atomic E-state index is 9.20. The van der Waals surface area contributed by atoms with Gasteiger partial charge in [-0.05, 0) is 37.1 Å². The summed E-state index contributed by atoms with van der Waals surface area (Å²) in [6.45, 7) is 0. The normalized spacial score (nSPS) is 19.4. The summed E-state index contributed by atoms with van der Waals surface area (Å²) in [4.78, 5) is 1.42. The molecule has 1 aromatic rings. The van der Waals surface area contributed by atoms with Crippen LogP contribution in [0.1, 0.15) is 37.0 Å². The molecule has 0 bridgehead atoms. The number of rotatable bonds is 3. The number of hydrogen-bond acceptors (Lipinski definition) is 2. The Morgan fingerprint density at radius 2 is 2.21 bits per heavy atom. The van der Waals surface area contributed by atoms with Crippen LogP contribution in [0.15, 0.2) is 17.5 Å². The summed E-state index contributed by atoms with van der Waals surface area (Å²) >= 11 is 1.81. The summed E-state index contributed by atoms with van der Waals surface area (Å²) in [5.74, 6) is 0. The van der Waals surface area contributed by atoms with Gasteiger partial charge in [-0.3, -0.25) is 0 Å². The lowest BCUT2D eigenvalue weighted by molar-refractivity contribution is 0.378. The van der Waals surface area contributed by atoms with E-state index in [0.29, 0.717) is 0 Å². The van der Waals surface area contributed by atoms with Gasteiger partial charge in [0, 0.05) is 4.88 Å². The fourth-order valence-corrected chi connectivity index (χ4v) is 3.00. The van der Waals surface area contributed by atoms with E-state index in [2.05, 4.69) is 23.6 Å². The average Bonchev–Trinajstić information content (AvgIpc) is 2.87. The molecule has 0 spiro atoms. The van der Waals surface area contributed by atoms with E-state index in [-0.39, 0.29) is 5.41 Å². The third-order valence-corrected chi connectivity index (χ3v) is 4.16. The number of nitrogens with zero attached hydrogens (tertiary/aromatic N) is 1. The summed E-state index contributed by atoms with van der Waals surface area (Å²) in [6.07, 6.45) is 6.88. The van der Waals surface area contributed by atoms with Crippen molar-refractivity contribution in [3.05, 3.63) is 22.4 Å². The molecule has 0 N–H and O–H groups in total. The molecule has 1 heterocycles. The highest BCUT2D eigenvalue weighted by Crippen LogP contribution is 2.41. The molecule has 1 fully saturated rings. The van der Waals surface area contributed by atoms with Crippen LogP contribution in [0.3, 0.4) is 0 Å². The fourth-order valence-electron chi connectivity index (χ4n) is 2.29. The highest BCUT2D eigenvalue weighted by atomic mass is 32.1. The molecular weight excluding hydrogens is 190 g/mol. The molecule has 2 heteroatoms. The molecule has 0 unspecified atom stereocenters. The van der Waals surface area contributed by atoms with Crippen LogP contribution in [0.5, 0.6) is 0 Å². The van der Waals surface area contributed by atoms with E-state index in [4.69, 9.17) is 0 Å². The van der Waals surface area contributed by atoms with Gasteiger partial charge < -0.3 is 0 Å². The minimum Gasteiger partial charge on any atom is -0.198 e. The highest BCUT2D eigenvalue weighted by molar-refractivity contribution is 7.09. The first kappa shape index (κ1) is 9.73. The van der Waals surface area contributed by atoms with Crippen molar-refractivity contribution < 1.29 is 0 Å². The van der Waals surface area contributed by atoms with Crippen LogP contribution >= 0.6 is 11.3 Å². The molecule has 1 nitrogen and oxygen atoms in total. The predicted octanol–water partition coefficient (Wildman–Crippen LogP) is 3.76. The second kappa shape index (κ2) is 4.14. The van der Waals surface area contributed by atoms with Gasteiger partial charge in [0.25, 0.3) is 0 Å². The Bertz CT molecular complexity index is 315. The van der Waals surface area contributed by atoms with Crippen LogP contribution in [-0.2, 0) is 6.42 Å². The van der Waals surface area contributed by atoms with E-state index in [1.54, 1.807) is 11.3 Å². The van der Waals surface area contributed by atoms with Crippen LogP contribution in [0.25, 0.3) is 0 Å². The zero-order chi connectivity index (χ0) is 9.86. The fraction of sp³-hybridized carbons (Fsp3) is 0.583. The molecule has 0 aromatic carbocycles. The molecule has 0 radical (unpaired) electrons. The Morgan fingerprint density at radius 3 is 2.79 bits per heavy atom. The van der Waals surface area contributed by atoms with E-state index in [9.17, 15) is 5.26 Å². The molecule has 1 aromatic heterocycles. The number of thiophene rings is 1. The Hall–Kier alpha value is -0.810. The third kappa shape index (κ3) is 1.99. The SMILES string of the molecule is N#CC1(CCc2cccs2)CCCC1. The molecule has 0 amide bonds. The Morgan fingerprint density at radius 1 is 1.43 bits per heavy atom. The molecule has 0 atom stereocenters. The largest absolute Gasteiger partial charge is 0.198 e. The second-order valence-electron chi connectivity index (χ2n) is 4.18. The summed E-state index contributed by atoms with van der Waals surface area (Å²) in [6, 6.07) is 6.81. The second-order valence-corrected chi connectivity index (χ2v) is 5.21. The smallest absolute Gasteiger partial charge is 0.0689 e. The lowest BCUT2D eigenvalue weighted by atomic mass is 9.83. The first-order chi connectivity index (χ1) is 6.85. The summed E-state index contributed by atoms with van der Waals surface area (Å²) in [7, 11) is 0. The molecule has 2 rings (SSSR count). The first-order valence-electron chi connectivity index (χ1n) is 5.28. The molecular formula is C12H15NS. The number of hydrogen-bond donors (Lipinski definition) is 0. The third-order valence-electron chi connectivity index (χ3n) is 3.23. The van der Waals surface area contributed by atoms with Crippen molar-refractivity contribution in [1.29, 1.82) is 5.26 Å². The van der Waals surface area contributed by atoms with E-state index in [0.717, 1.165) is 25.7 Å². The zero-order valence-electron chi connectivity index (χ0n) is 8.33. The van der Waals surface area contributed by atoms with Crippen LogP contribution in [0.4, 0.5) is 0 Å². The van der Waals surface area contributed by atoms with Crippen molar-refractivity contribution in [2.45, 2.75) is 38.5 Å². The molecule has 1 aliphatic rings. The minimum absolute atomic E-state index is 0.0178. The van der Waals surface area contributed by atoms with Gasteiger partial charge >= 0.3 is 0 Å². The van der Waals surface area contributed by atoms with Gasteiger partial charge in [0.05, 0.1) is 11.5 Å². The van der Waals surface area contributed by atoms with Crippen LogP contribution in [-0.4, -0.2) is 0 Å². The highest BCUT2D eigenvalue weighted by Gasteiger charge is 2.33. The predicted molar refractivity (Wildman–Crippen MR) is 59.2 cm³/mol. The van der Waals surface area contributed by atoms with Crippen LogP contribution in [0, 0.1) is 16.7 Å². The zero-order valence-corrected chi connectivity index (χ0v) is 9.15. The average molecular weight is 205 g/mol. The van der Waals surface area contributed by atoms with Gasteiger partial charge in [0.1, 0.15) is 0 Å². The van der Waals surface area contributed by atoms with Gasteiger partial charge in [-0.1, -0.05) is 18.9 Å². The van der Waals surface area contributed by atoms with Gasteiger partial charge in [0.2, 0.25) is 0 Å². The molecule has 1 saturated carbocycles. The lowest BCUT2D eigenvalue weighted by Gasteiger charge is -2.18. The van der Waals surface area contributed by atoms with E-state index in [1.807, 2.05) is 0 Å². The van der Waals surface area contributed by atoms with E-state index in [1.165, 1.54) is 17.7 Å². The van der Waals surface area contributed by atoms with Crippen molar-refractivity contribution in [3.8, 4) is 6.07 Å². The monoisotopic (exact) mass is 205 g/mol. The molecule has 14 heavy (non-hydrogen) atoms. The van der Waals surface area contributed by atoms with E-state index < -0.39 is 0 Å². The van der Waals surface area contributed by atoms with Crippen molar-refractivity contribution in [1.82, 2.24) is 0 Å². The molecule has 0 aliphatic heterocycles. The van der Waals surface area contributed by atoms with E-state index >= 15 is 0 Å². The standard InChI is InChI=1S/C12H15NS/c13-10-12(6-1-2-7-12)8-5-11-4-3-9-14-11/h3-4,9H,1-2,5-8H2. The topological polar surface area (TPSA) is 23.8 Å². The summed E-state index contributed by atoms with van der Waals surface area (Å²) in [5.41, 5.74) is 0.0178. The van der Waals surface area contributed by atoms with Crippen molar-refractivity contribution in [2.24, 2.45) is 5.41 Å². The van der Waals surface area contributed by atoms with Gasteiger partial charge in [-0.15, -0.1) is 11.3 Å². The quantitative estimate of drug-likeness (QED) is 0.737. The summed E-state index contributed by atoms with van der Waals surface area (Å²) < 4.78 is 0. The molecule has 1 aliphatic carbocycles. The molecule has 74 valence electrons. The van der Waals surface area contributed by atoms with Crippen molar-refractivity contribution in [2.75, 3.05) is 0 Å². The maximum atomic E-state index is 9.20. The van der Waals surface area contributed by atoms with Crippen molar-refractivity contribution in [3.63, 3.8) is 0 Å². The maximum Gasteiger partial charge on any atom is 0.0689 e. The van der Waals surface area contributed by atoms with Crippen LogP contribution < -0.4 is 0 Å². The van der Waals surface area contributed by atoms with Gasteiger partial charge in [-0.2, -0.15) is 5.26 Å². The minimum atomic E-state index is 0.0178. The Balaban J connectivity index is 1.93. The number of aryl methyl sites for hydroxylation is 1. The Labute approximate surface area is 89.4 Å². The van der Waals surface area contributed by atoms with Gasteiger partial charge in [-0.25, -0.2) is 0 Å². The first-order valence-corrected chi connectivity index (χ1v) is 6.16. The Kier molecular flexibility index (Phi) is 2.88. The van der Waals surface area contributed by atoms with Gasteiger partial charge in [0.15, 0.2) is 0 Å². The molecule has 0 saturated heterocycles. The summed E-state index contributed by atoms with van der Waals surface area (Å²) in [5, 5.41) is 11.3.